The SMILES string of the molecule is Cc1cccc(C)c1OCC(=O)NC(CO)CO. The molecule has 0 aliphatic heterocycles. The Balaban J connectivity index is 2.52. The molecule has 5 heteroatoms. The predicted octanol–water partition coefficient (Wildman–Crippen LogP) is 0.152. The van der Waals surface area contributed by atoms with Crippen LogP contribution in [0.4, 0.5) is 0 Å². The molecule has 0 saturated carbocycles. The second-order valence-corrected chi connectivity index (χ2v) is 4.14. The molecule has 1 rings (SSSR count). The van der Waals surface area contributed by atoms with Crippen LogP contribution in [0, 0.1) is 13.8 Å². The zero-order valence-electron chi connectivity index (χ0n) is 10.6. The van der Waals surface area contributed by atoms with Crippen LogP contribution in [0.5, 0.6) is 5.75 Å². The first-order chi connectivity index (χ1) is 8.58. The number of aliphatic hydroxyl groups is 2. The number of hydrogen-bond donors (Lipinski definition) is 3. The average Bonchev–Trinajstić information content (AvgIpc) is 2.35. The number of rotatable bonds is 6. The maximum absolute atomic E-state index is 11.5. The summed E-state index contributed by atoms with van der Waals surface area (Å²) in [6, 6.07) is 5.10. The topological polar surface area (TPSA) is 78.8 Å². The number of amides is 1. The molecule has 100 valence electrons. The van der Waals surface area contributed by atoms with E-state index in [1.165, 1.54) is 0 Å². The Bertz CT molecular complexity index is 382. The van der Waals surface area contributed by atoms with E-state index in [9.17, 15) is 4.79 Å². The van der Waals surface area contributed by atoms with Crippen LogP contribution in [0.15, 0.2) is 18.2 Å². The monoisotopic (exact) mass is 253 g/mol. The molecule has 0 unspecified atom stereocenters. The van der Waals surface area contributed by atoms with E-state index in [1.54, 1.807) is 0 Å². The number of ether oxygens (including phenoxy) is 1. The Hall–Kier alpha value is -1.59. The third-order valence-electron chi connectivity index (χ3n) is 2.56. The van der Waals surface area contributed by atoms with Gasteiger partial charge in [0.15, 0.2) is 6.61 Å². The molecule has 0 heterocycles. The highest BCUT2D eigenvalue weighted by Gasteiger charge is 2.11. The van der Waals surface area contributed by atoms with Crippen molar-refractivity contribution in [1.82, 2.24) is 5.32 Å². The van der Waals surface area contributed by atoms with Crippen molar-refractivity contribution in [3.8, 4) is 5.75 Å². The number of carbonyl (C=O) groups excluding carboxylic acids is 1. The first kappa shape index (κ1) is 14.5. The summed E-state index contributed by atoms with van der Waals surface area (Å²) in [5, 5.41) is 20.1. The molecule has 0 spiro atoms. The molecule has 18 heavy (non-hydrogen) atoms. The maximum atomic E-state index is 11.5. The third-order valence-corrected chi connectivity index (χ3v) is 2.56. The number of benzene rings is 1. The highest BCUT2D eigenvalue weighted by molar-refractivity contribution is 5.78. The van der Waals surface area contributed by atoms with Crippen molar-refractivity contribution in [3.05, 3.63) is 29.3 Å². The second-order valence-electron chi connectivity index (χ2n) is 4.14. The summed E-state index contributed by atoms with van der Waals surface area (Å²) in [5.74, 6) is 0.322. The van der Waals surface area contributed by atoms with Crippen molar-refractivity contribution in [3.63, 3.8) is 0 Å². The molecule has 0 bridgehead atoms. The molecular weight excluding hydrogens is 234 g/mol. The summed E-state index contributed by atoms with van der Waals surface area (Å²) >= 11 is 0. The van der Waals surface area contributed by atoms with Gasteiger partial charge in [-0.05, 0) is 25.0 Å². The van der Waals surface area contributed by atoms with Crippen LogP contribution in [0.3, 0.4) is 0 Å². The van der Waals surface area contributed by atoms with Crippen molar-refractivity contribution >= 4 is 5.91 Å². The lowest BCUT2D eigenvalue weighted by molar-refractivity contribution is -0.124. The summed E-state index contributed by atoms with van der Waals surface area (Å²) in [4.78, 5) is 11.5. The Morgan fingerprint density at radius 1 is 1.28 bits per heavy atom. The molecule has 0 atom stereocenters. The Morgan fingerprint density at radius 3 is 2.33 bits per heavy atom. The molecule has 5 nitrogen and oxygen atoms in total. The van der Waals surface area contributed by atoms with Gasteiger partial charge < -0.3 is 20.3 Å². The van der Waals surface area contributed by atoms with Crippen molar-refractivity contribution in [2.45, 2.75) is 19.9 Å². The fourth-order valence-corrected chi connectivity index (χ4v) is 1.58. The van der Waals surface area contributed by atoms with Crippen LogP contribution in [-0.2, 0) is 4.79 Å². The molecule has 0 fully saturated rings. The van der Waals surface area contributed by atoms with Gasteiger partial charge in [-0.15, -0.1) is 0 Å². The van der Waals surface area contributed by atoms with Gasteiger partial charge in [0, 0.05) is 0 Å². The normalized spacial score (nSPS) is 10.5. The lowest BCUT2D eigenvalue weighted by Gasteiger charge is -2.15. The van der Waals surface area contributed by atoms with E-state index in [0.717, 1.165) is 11.1 Å². The van der Waals surface area contributed by atoms with E-state index in [2.05, 4.69) is 5.32 Å². The quantitative estimate of drug-likeness (QED) is 0.674. The smallest absolute Gasteiger partial charge is 0.258 e. The molecule has 3 N–H and O–H groups in total. The summed E-state index contributed by atoms with van der Waals surface area (Å²) in [7, 11) is 0. The fourth-order valence-electron chi connectivity index (χ4n) is 1.58. The first-order valence-corrected chi connectivity index (χ1v) is 5.78. The summed E-state index contributed by atoms with van der Waals surface area (Å²) < 4.78 is 5.44. The van der Waals surface area contributed by atoms with Crippen LogP contribution in [-0.4, -0.2) is 42.0 Å². The molecule has 0 saturated heterocycles. The third kappa shape index (κ3) is 4.01. The van der Waals surface area contributed by atoms with Crippen LogP contribution < -0.4 is 10.1 Å². The summed E-state index contributed by atoms with van der Waals surface area (Å²) in [5.41, 5.74) is 1.92. The van der Waals surface area contributed by atoms with Gasteiger partial charge in [-0.2, -0.15) is 0 Å². The lowest BCUT2D eigenvalue weighted by atomic mass is 10.1. The molecular formula is C13H19NO4. The van der Waals surface area contributed by atoms with Crippen molar-refractivity contribution in [2.24, 2.45) is 0 Å². The number of aryl methyl sites for hydroxylation is 2. The number of aliphatic hydroxyl groups excluding tert-OH is 2. The van der Waals surface area contributed by atoms with Crippen LogP contribution in [0.1, 0.15) is 11.1 Å². The molecule has 0 aromatic heterocycles. The summed E-state index contributed by atoms with van der Waals surface area (Å²) in [6.45, 7) is 3.08. The van der Waals surface area contributed by atoms with Gasteiger partial charge in [0.2, 0.25) is 0 Å². The van der Waals surface area contributed by atoms with Gasteiger partial charge in [-0.25, -0.2) is 0 Å². The van der Waals surface area contributed by atoms with Crippen LogP contribution in [0.25, 0.3) is 0 Å². The van der Waals surface area contributed by atoms with Gasteiger partial charge in [-0.3, -0.25) is 4.79 Å². The van der Waals surface area contributed by atoms with Gasteiger partial charge in [0.1, 0.15) is 5.75 Å². The predicted molar refractivity (Wildman–Crippen MR) is 67.5 cm³/mol. The number of para-hydroxylation sites is 1. The Labute approximate surface area is 106 Å². The highest BCUT2D eigenvalue weighted by atomic mass is 16.5. The van der Waals surface area contributed by atoms with E-state index in [4.69, 9.17) is 14.9 Å². The number of carbonyl (C=O) groups is 1. The van der Waals surface area contributed by atoms with Crippen molar-refractivity contribution in [1.29, 1.82) is 0 Å². The molecule has 0 aliphatic rings. The first-order valence-electron chi connectivity index (χ1n) is 5.78. The van der Waals surface area contributed by atoms with Gasteiger partial charge in [0.25, 0.3) is 5.91 Å². The second kappa shape index (κ2) is 6.98. The zero-order valence-corrected chi connectivity index (χ0v) is 10.6. The van der Waals surface area contributed by atoms with E-state index in [1.807, 2.05) is 32.0 Å². The molecule has 1 aromatic carbocycles. The molecule has 1 aromatic rings. The van der Waals surface area contributed by atoms with Crippen molar-refractivity contribution < 1.29 is 19.7 Å². The van der Waals surface area contributed by atoms with E-state index >= 15 is 0 Å². The minimum Gasteiger partial charge on any atom is -0.483 e. The molecule has 0 radical (unpaired) electrons. The van der Waals surface area contributed by atoms with Gasteiger partial charge in [-0.1, -0.05) is 18.2 Å². The zero-order chi connectivity index (χ0) is 13.5. The Morgan fingerprint density at radius 2 is 1.83 bits per heavy atom. The maximum Gasteiger partial charge on any atom is 0.258 e. The minimum absolute atomic E-state index is 0.137. The van der Waals surface area contributed by atoms with E-state index in [-0.39, 0.29) is 25.7 Å². The number of hydrogen-bond acceptors (Lipinski definition) is 4. The number of nitrogens with one attached hydrogen (secondary N) is 1. The van der Waals surface area contributed by atoms with E-state index in [0.29, 0.717) is 5.75 Å². The molecule has 1 amide bonds. The highest BCUT2D eigenvalue weighted by Crippen LogP contribution is 2.21. The van der Waals surface area contributed by atoms with Gasteiger partial charge in [0.05, 0.1) is 19.3 Å². The van der Waals surface area contributed by atoms with E-state index < -0.39 is 6.04 Å². The largest absolute Gasteiger partial charge is 0.483 e. The molecule has 0 aliphatic carbocycles. The fraction of sp³-hybridized carbons (Fsp3) is 0.462. The van der Waals surface area contributed by atoms with Crippen molar-refractivity contribution in [2.75, 3.05) is 19.8 Å². The van der Waals surface area contributed by atoms with Gasteiger partial charge >= 0.3 is 0 Å². The average molecular weight is 253 g/mol. The van der Waals surface area contributed by atoms with Crippen LogP contribution in [0.2, 0.25) is 0 Å². The standard InChI is InChI=1S/C13H19NO4/c1-9-4-3-5-10(2)13(9)18-8-12(17)14-11(6-15)7-16/h3-5,11,15-16H,6-8H2,1-2H3,(H,14,17). The summed E-state index contributed by atoms with van der Waals surface area (Å²) in [6.07, 6.45) is 0. The lowest BCUT2D eigenvalue weighted by Crippen LogP contribution is -2.42. The Kier molecular flexibility index (Phi) is 5.61. The minimum atomic E-state index is -0.640. The van der Waals surface area contributed by atoms with Crippen LogP contribution >= 0.6 is 0 Å².